The van der Waals surface area contributed by atoms with Gasteiger partial charge in [0, 0.05) is 14.5 Å². The van der Waals surface area contributed by atoms with E-state index >= 15 is 0 Å². The Balaban J connectivity index is 0.00000156. The highest BCUT2D eigenvalue weighted by atomic mass is 127. The van der Waals surface area contributed by atoms with Gasteiger partial charge in [0.15, 0.2) is 0 Å². The van der Waals surface area contributed by atoms with Crippen molar-refractivity contribution in [1.82, 2.24) is 0 Å². The lowest BCUT2D eigenvalue weighted by Gasteiger charge is -2.58. The van der Waals surface area contributed by atoms with Gasteiger partial charge in [0.1, 0.15) is 6.54 Å². The number of quaternary nitrogens is 1. The summed E-state index contributed by atoms with van der Waals surface area (Å²) in [5.41, 5.74) is 2.18. The molecule has 5 rings (SSSR count). The molecule has 1 aromatic carbocycles. The molecule has 0 amide bonds. The largest absolute Gasteiger partial charge is 1.00 e. The lowest BCUT2D eigenvalue weighted by molar-refractivity contribution is -0.911. The minimum Gasteiger partial charge on any atom is -1.00 e. The fraction of sp³-hybridized carbons (Fsp3) is 0.700. The van der Waals surface area contributed by atoms with Crippen LogP contribution in [0.1, 0.15) is 44.1 Å². The molecule has 0 N–H and O–H groups in total. The molecule has 4 bridgehead atoms. The van der Waals surface area contributed by atoms with Gasteiger partial charge in [-0.1, -0.05) is 12.1 Å². The quantitative estimate of drug-likeness (QED) is 0.408. The molecule has 1 aromatic rings. The van der Waals surface area contributed by atoms with Crippen LogP contribution in [0.4, 0.5) is 0 Å². The van der Waals surface area contributed by atoms with Crippen LogP contribution < -0.4 is 24.0 Å². The zero-order valence-corrected chi connectivity index (χ0v) is 18.7. The van der Waals surface area contributed by atoms with Crippen molar-refractivity contribution in [2.45, 2.75) is 45.1 Å². The minimum atomic E-state index is 0. The number of rotatable bonds is 4. The van der Waals surface area contributed by atoms with Crippen molar-refractivity contribution in [3.8, 4) is 0 Å². The molecule has 4 fully saturated rings. The van der Waals surface area contributed by atoms with Crippen LogP contribution in [0, 0.1) is 26.7 Å². The van der Waals surface area contributed by atoms with Gasteiger partial charge in [-0.2, -0.15) is 0 Å². The Morgan fingerprint density at radius 3 is 1.91 bits per heavy atom. The Hall–Kier alpha value is 0.640. The van der Waals surface area contributed by atoms with Crippen molar-refractivity contribution in [2.24, 2.45) is 23.2 Å². The van der Waals surface area contributed by atoms with Crippen LogP contribution in [0.15, 0.2) is 24.3 Å². The molecule has 4 aliphatic carbocycles. The first-order valence-electron chi connectivity index (χ1n) is 8.98. The van der Waals surface area contributed by atoms with Gasteiger partial charge in [-0.25, -0.2) is 0 Å². The molecule has 0 aromatic heterocycles. The van der Waals surface area contributed by atoms with E-state index in [2.05, 4.69) is 61.0 Å². The van der Waals surface area contributed by atoms with E-state index in [4.69, 9.17) is 0 Å². The summed E-state index contributed by atoms with van der Waals surface area (Å²) < 4.78 is 2.50. The summed E-state index contributed by atoms with van der Waals surface area (Å²) in [5.74, 6) is 3.22. The first-order valence-corrected chi connectivity index (χ1v) is 10.1. The second-order valence-electron chi connectivity index (χ2n) is 9.30. The first-order chi connectivity index (χ1) is 10.4. The third-order valence-corrected chi connectivity index (χ3v) is 7.17. The molecular formula is C20H29I2N. The molecule has 0 radical (unpaired) electrons. The molecule has 1 nitrogen and oxygen atoms in total. The Bertz CT molecular complexity index is 514. The topological polar surface area (TPSA) is 0 Å². The van der Waals surface area contributed by atoms with Gasteiger partial charge in [-0.05, 0) is 91.0 Å². The monoisotopic (exact) mass is 537 g/mol. The van der Waals surface area contributed by atoms with Crippen molar-refractivity contribution < 1.29 is 28.5 Å². The number of hydrogen-bond acceptors (Lipinski definition) is 0. The lowest BCUT2D eigenvalue weighted by Crippen LogP contribution is -3.00. The molecule has 0 atom stereocenters. The second-order valence-corrected chi connectivity index (χ2v) is 10.5. The standard InChI is InChI=1S/C20H29IN.HI/c1-22(2,13-15-3-5-19(21)6-4-15)14-20-10-16-7-17(11-20)9-18(8-16)12-20;/h3-6,16-18H,7-14H2,1-2H3;1H/q+1;/p-1. The Kier molecular flexibility index (Phi) is 5.41. The molecule has 23 heavy (non-hydrogen) atoms. The SMILES string of the molecule is C[N+](C)(Cc1ccc(I)cc1)CC12CC3CC(CC(C3)C1)C2.[I-]. The summed E-state index contributed by atoms with van der Waals surface area (Å²) in [6.07, 6.45) is 9.28. The van der Waals surface area contributed by atoms with Gasteiger partial charge in [0.2, 0.25) is 0 Å². The summed E-state index contributed by atoms with van der Waals surface area (Å²) >= 11 is 2.40. The maximum Gasteiger partial charge on any atom is 0.104 e. The average molecular weight is 537 g/mol. The van der Waals surface area contributed by atoms with E-state index in [1.54, 1.807) is 19.3 Å². The molecule has 0 unspecified atom stereocenters. The van der Waals surface area contributed by atoms with Gasteiger partial charge in [-0.15, -0.1) is 0 Å². The summed E-state index contributed by atoms with van der Waals surface area (Å²) in [6.45, 7) is 2.57. The third kappa shape index (κ3) is 4.08. The van der Waals surface area contributed by atoms with Crippen molar-refractivity contribution in [1.29, 1.82) is 0 Å². The molecular weight excluding hydrogens is 508 g/mol. The van der Waals surface area contributed by atoms with E-state index in [-0.39, 0.29) is 24.0 Å². The van der Waals surface area contributed by atoms with Gasteiger partial charge in [0.25, 0.3) is 0 Å². The number of nitrogens with zero attached hydrogens (tertiary/aromatic N) is 1. The second kappa shape index (κ2) is 6.75. The minimum absolute atomic E-state index is 0. The van der Waals surface area contributed by atoms with Crippen molar-refractivity contribution in [3.63, 3.8) is 0 Å². The van der Waals surface area contributed by atoms with Gasteiger partial charge in [0.05, 0.1) is 20.6 Å². The molecule has 0 saturated heterocycles. The van der Waals surface area contributed by atoms with Crippen LogP contribution in [0.3, 0.4) is 0 Å². The fourth-order valence-electron chi connectivity index (χ4n) is 6.53. The van der Waals surface area contributed by atoms with Gasteiger partial charge >= 0.3 is 0 Å². The number of halogens is 2. The van der Waals surface area contributed by atoms with Crippen LogP contribution >= 0.6 is 22.6 Å². The molecule has 3 heteroatoms. The van der Waals surface area contributed by atoms with E-state index in [9.17, 15) is 0 Å². The molecule has 0 aliphatic heterocycles. The van der Waals surface area contributed by atoms with E-state index in [0.717, 1.165) is 22.2 Å². The van der Waals surface area contributed by atoms with E-state index in [1.165, 1.54) is 41.5 Å². The predicted molar refractivity (Wildman–Crippen MR) is 100 cm³/mol. The van der Waals surface area contributed by atoms with Crippen LogP contribution in [0.2, 0.25) is 0 Å². The summed E-state index contributed by atoms with van der Waals surface area (Å²) in [5, 5.41) is 0. The molecule has 0 heterocycles. The van der Waals surface area contributed by atoms with Crippen molar-refractivity contribution in [2.75, 3.05) is 20.6 Å². The summed E-state index contributed by atoms with van der Waals surface area (Å²) in [7, 11) is 4.91. The van der Waals surface area contributed by atoms with Gasteiger partial charge < -0.3 is 28.5 Å². The maximum absolute atomic E-state index is 2.45. The summed E-state index contributed by atoms with van der Waals surface area (Å²) in [6, 6.07) is 9.14. The van der Waals surface area contributed by atoms with E-state index in [0.29, 0.717) is 5.41 Å². The Morgan fingerprint density at radius 1 is 0.957 bits per heavy atom. The van der Waals surface area contributed by atoms with E-state index < -0.39 is 0 Å². The van der Waals surface area contributed by atoms with Crippen LogP contribution in [-0.4, -0.2) is 25.1 Å². The molecule has 4 aliphatic rings. The molecule has 4 saturated carbocycles. The summed E-state index contributed by atoms with van der Waals surface area (Å²) in [4.78, 5) is 0. The highest BCUT2D eigenvalue weighted by Crippen LogP contribution is 2.60. The third-order valence-electron chi connectivity index (χ3n) is 6.45. The van der Waals surface area contributed by atoms with Crippen LogP contribution in [0.5, 0.6) is 0 Å². The molecule has 128 valence electrons. The van der Waals surface area contributed by atoms with E-state index in [1.807, 2.05) is 0 Å². The average Bonchev–Trinajstić information content (AvgIpc) is 2.38. The predicted octanol–water partition coefficient (Wildman–Crippen LogP) is 2.09. The zero-order valence-electron chi connectivity index (χ0n) is 14.4. The number of benzene rings is 1. The molecule has 0 spiro atoms. The maximum atomic E-state index is 2.45. The zero-order chi connectivity index (χ0) is 15.4. The first kappa shape index (κ1) is 18.4. The Labute approximate surface area is 172 Å². The van der Waals surface area contributed by atoms with Crippen LogP contribution in [-0.2, 0) is 6.54 Å². The highest BCUT2D eigenvalue weighted by molar-refractivity contribution is 14.1. The van der Waals surface area contributed by atoms with Crippen molar-refractivity contribution in [3.05, 3.63) is 33.4 Å². The smallest absolute Gasteiger partial charge is 0.104 e. The lowest BCUT2D eigenvalue weighted by atomic mass is 9.49. The van der Waals surface area contributed by atoms with Gasteiger partial charge in [-0.3, -0.25) is 0 Å². The van der Waals surface area contributed by atoms with Crippen molar-refractivity contribution >= 4 is 22.6 Å². The Morgan fingerprint density at radius 2 is 1.43 bits per heavy atom. The number of hydrogen-bond donors (Lipinski definition) is 0. The highest BCUT2D eigenvalue weighted by Gasteiger charge is 2.53. The normalized spacial score (nSPS) is 35.2. The fourth-order valence-corrected chi connectivity index (χ4v) is 6.89. The van der Waals surface area contributed by atoms with Crippen LogP contribution in [0.25, 0.3) is 0 Å².